The van der Waals surface area contributed by atoms with E-state index >= 15 is 0 Å². The van der Waals surface area contributed by atoms with Gasteiger partial charge in [0.05, 0.1) is 28.9 Å². The first kappa shape index (κ1) is 24.8. The maximum Gasteiger partial charge on any atom is 0.338 e. The molecule has 0 saturated heterocycles. The van der Waals surface area contributed by atoms with Gasteiger partial charge in [0, 0.05) is 7.05 Å². The Balaban J connectivity index is 1.69. The van der Waals surface area contributed by atoms with E-state index in [1.807, 2.05) is 32.0 Å². The molecule has 8 nitrogen and oxygen atoms in total. The van der Waals surface area contributed by atoms with Gasteiger partial charge in [0.2, 0.25) is 0 Å². The molecule has 178 valence electrons. The van der Waals surface area contributed by atoms with Gasteiger partial charge in [0.25, 0.3) is 15.9 Å². The van der Waals surface area contributed by atoms with Crippen LogP contribution in [-0.4, -0.2) is 41.1 Å². The second kappa shape index (κ2) is 10.4. The monoisotopic (exact) mass is 482 g/mol. The van der Waals surface area contributed by atoms with E-state index in [4.69, 9.17) is 9.47 Å². The molecule has 0 bridgehead atoms. The van der Waals surface area contributed by atoms with Gasteiger partial charge in [-0.1, -0.05) is 29.8 Å². The third-order valence-electron chi connectivity index (χ3n) is 5.09. The molecule has 0 spiro atoms. The van der Waals surface area contributed by atoms with Gasteiger partial charge in [-0.05, 0) is 61.9 Å². The van der Waals surface area contributed by atoms with Gasteiger partial charge in [0.1, 0.15) is 5.75 Å². The molecule has 0 saturated carbocycles. The van der Waals surface area contributed by atoms with Crippen LogP contribution < -0.4 is 14.4 Å². The van der Waals surface area contributed by atoms with Crippen molar-refractivity contribution in [2.75, 3.05) is 30.4 Å². The summed E-state index contributed by atoms with van der Waals surface area (Å²) in [5.41, 5.74) is 2.88. The van der Waals surface area contributed by atoms with Gasteiger partial charge < -0.3 is 14.8 Å². The molecule has 0 aliphatic carbocycles. The van der Waals surface area contributed by atoms with Crippen molar-refractivity contribution < 1.29 is 27.5 Å². The number of hydrogen-bond donors (Lipinski definition) is 1. The highest BCUT2D eigenvalue weighted by Crippen LogP contribution is 2.25. The van der Waals surface area contributed by atoms with Crippen LogP contribution in [0.3, 0.4) is 0 Å². The van der Waals surface area contributed by atoms with Crippen molar-refractivity contribution in [3.8, 4) is 5.75 Å². The molecule has 3 rings (SSSR count). The molecular formula is C25H26N2O6S. The number of esters is 1. The highest BCUT2D eigenvalue weighted by atomic mass is 32.2. The van der Waals surface area contributed by atoms with Crippen molar-refractivity contribution in [2.24, 2.45) is 0 Å². The fourth-order valence-corrected chi connectivity index (χ4v) is 4.40. The number of nitrogens with zero attached hydrogens (tertiary/aromatic N) is 1. The molecule has 34 heavy (non-hydrogen) atoms. The second-order valence-corrected chi connectivity index (χ2v) is 9.63. The number of amides is 1. The predicted molar refractivity (Wildman–Crippen MR) is 130 cm³/mol. The number of nitrogens with one attached hydrogen (secondary N) is 1. The minimum atomic E-state index is -3.91. The number of carbonyl (C=O) groups excluding carboxylic acids is 2. The number of sulfonamides is 1. The third kappa shape index (κ3) is 5.74. The Hall–Kier alpha value is -3.85. The fraction of sp³-hybridized carbons (Fsp3) is 0.200. The fourth-order valence-electron chi connectivity index (χ4n) is 3.16. The lowest BCUT2D eigenvalue weighted by Crippen LogP contribution is -2.27. The van der Waals surface area contributed by atoms with E-state index in [-0.39, 0.29) is 10.5 Å². The molecule has 3 aromatic carbocycles. The number of ether oxygens (including phenoxy) is 2. The number of aryl methyl sites for hydroxylation is 2. The minimum absolute atomic E-state index is 0.0133. The normalized spacial score (nSPS) is 10.9. The summed E-state index contributed by atoms with van der Waals surface area (Å²) in [4.78, 5) is 24.7. The topological polar surface area (TPSA) is 102 Å². The van der Waals surface area contributed by atoms with E-state index in [1.165, 1.54) is 38.4 Å². The number of methoxy groups -OCH3 is 1. The number of carbonyl (C=O) groups is 2. The number of anilines is 2. The molecule has 0 atom stereocenters. The molecule has 0 fully saturated rings. The van der Waals surface area contributed by atoms with Gasteiger partial charge in [0.15, 0.2) is 6.61 Å². The van der Waals surface area contributed by atoms with Gasteiger partial charge in [-0.2, -0.15) is 0 Å². The number of rotatable bonds is 8. The van der Waals surface area contributed by atoms with Crippen LogP contribution in [0.15, 0.2) is 71.6 Å². The summed E-state index contributed by atoms with van der Waals surface area (Å²) < 4.78 is 37.5. The summed E-state index contributed by atoms with van der Waals surface area (Å²) >= 11 is 0. The molecule has 9 heteroatoms. The predicted octanol–water partition coefficient (Wildman–Crippen LogP) is 3.93. The van der Waals surface area contributed by atoms with Crippen LogP contribution in [0.2, 0.25) is 0 Å². The summed E-state index contributed by atoms with van der Waals surface area (Å²) in [7, 11) is -0.989. The summed E-state index contributed by atoms with van der Waals surface area (Å²) in [5.74, 6) is -0.901. The van der Waals surface area contributed by atoms with Gasteiger partial charge in [-0.15, -0.1) is 0 Å². The zero-order valence-corrected chi connectivity index (χ0v) is 20.2. The van der Waals surface area contributed by atoms with E-state index in [9.17, 15) is 18.0 Å². The maximum atomic E-state index is 13.0. The molecular weight excluding hydrogens is 456 g/mol. The first-order valence-electron chi connectivity index (χ1n) is 10.4. The van der Waals surface area contributed by atoms with Crippen LogP contribution in [0.1, 0.15) is 21.5 Å². The molecule has 0 unspecified atom stereocenters. The van der Waals surface area contributed by atoms with Crippen LogP contribution in [0.4, 0.5) is 11.4 Å². The van der Waals surface area contributed by atoms with Gasteiger partial charge in [-0.3, -0.25) is 9.10 Å². The summed E-state index contributed by atoms with van der Waals surface area (Å²) in [6.07, 6.45) is 0. The van der Waals surface area contributed by atoms with Crippen molar-refractivity contribution in [3.05, 3.63) is 83.4 Å². The van der Waals surface area contributed by atoms with Crippen molar-refractivity contribution >= 4 is 33.3 Å². The molecule has 1 amide bonds. The van der Waals surface area contributed by atoms with Crippen LogP contribution in [0.5, 0.6) is 5.75 Å². The molecule has 1 N–H and O–H groups in total. The van der Waals surface area contributed by atoms with E-state index in [1.54, 1.807) is 24.3 Å². The van der Waals surface area contributed by atoms with Crippen molar-refractivity contribution in [1.82, 2.24) is 0 Å². The van der Waals surface area contributed by atoms with Gasteiger partial charge in [-0.25, -0.2) is 13.2 Å². The molecule has 0 heterocycles. The average molecular weight is 483 g/mol. The first-order valence-corrected chi connectivity index (χ1v) is 11.8. The Kier molecular flexibility index (Phi) is 7.57. The lowest BCUT2D eigenvalue weighted by molar-refractivity contribution is -0.119. The molecule has 0 aliphatic heterocycles. The summed E-state index contributed by atoms with van der Waals surface area (Å²) in [6.45, 7) is 3.23. The lowest BCUT2D eigenvalue weighted by atomic mass is 10.2. The van der Waals surface area contributed by atoms with E-state index in [2.05, 4.69) is 5.32 Å². The van der Waals surface area contributed by atoms with Crippen LogP contribution in [0, 0.1) is 13.8 Å². The Morgan fingerprint density at radius 2 is 1.62 bits per heavy atom. The van der Waals surface area contributed by atoms with Crippen molar-refractivity contribution in [1.29, 1.82) is 0 Å². The number of hydrogen-bond acceptors (Lipinski definition) is 6. The van der Waals surface area contributed by atoms with E-state index < -0.39 is 28.5 Å². The Labute approximate surface area is 199 Å². The van der Waals surface area contributed by atoms with Crippen molar-refractivity contribution in [2.45, 2.75) is 18.7 Å². The van der Waals surface area contributed by atoms with Crippen molar-refractivity contribution in [3.63, 3.8) is 0 Å². The van der Waals surface area contributed by atoms with Crippen LogP contribution >= 0.6 is 0 Å². The minimum Gasteiger partial charge on any atom is -0.495 e. The lowest BCUT2D eigenvalue weighted by Gasteiger charge is -2.20. The summed E-state index contributed by atoms with van der Waals surface area (Å²) in [5, 5.41) is 2.64. The Bertz CT molecular complexity index is 1300. The highest BCUT2D eigenvalue weighted by molar-refractivity contribution is 7.92. The van der Waals surface area contributed by atoms with Gasteiger partial charge >= 0.3 is 5.97 Å². The Morgan fingerprint density at radius 1 is 0.941 bits per heavy atom. The summed E-state index contributed by atoms with van der Waals surface area (Å²) in [6, 6.07) is 17.8. The van der Waals surface area contributed by atoms with Crippen LogP contribution in [0.25, 0.3) is 0 Å². The molecule has 0 radical (unpaired) electrons. The van der Waals surface area contributed by atoms with Crippen LogP contribution in [-0.2, 0) is 19.6 Å². The maximum absolute atomic E-state index is 13.0. The second-order valence-electron chi connectivity index (χ2n) is 7.66. The smallest absolute Gasteiger partial charge is 0.338 e. The SMILES string of the molecule is COc1ccc(C)cc1NC(=O)COC(=O)c1cccc(S(=O)(=O)N(C)c2ccc(C)cc2)c1. The quantitative estimate of drug-likeness (QED) is 0.488. The highest BCUT2D eigenvalue weighted by Gasteiger charge is 2.23. The number of benzene rings is 3. The first-order chi connectivity index (χ1) is 16.1. The molecule has 0 aliphatic rings. The molecule has 3 aromatic rings. The van der Waals surface area contributed by atoms with E-state index in [0.29, 0.717) is 17.1 Å². The Morgan fingerprint density at radius 3 is 2.29 bits per heavy atom. The standard InChI is InChI=1S/C25H26N2O6S/c1-17-8-11-20(12-9-17)27(3)34(30,31)21-7-5-6-19(15-21)25(29)33-16-24(28)26-22-14-18(2)10-13-23(22)32-4/h5-15H,16H2,1-4H3,(H,26,28). The zero-order valence-electron chi connectivity index (χ0n) is 19.4. The largest absolute Gasteiger partial charge is 0.495 e. The van der Waals surface area contributed by atoms with E-state index in [0.717, 1.165) is 15.4 Å². The zero-order chi connectivity index (χ0) is 24.9. The third-order valence-corrected chi connectivity index (χ3v) is 6.87. The average Bonchev–Trinajstić information content (AvgIpc) is 2.82. The molecule has 0 aromatic heterocycles.